The summed E-state index contributed by atoms with van der Waals surface area (Å²) in [6, 6.07) is -0.294. The molecule has 0 spiro atoms. The van der Waals surface area contributed by atoms with E-state index in [0.717, 1.165) is 0 Å². The molecule has 17 heavy (non-hydrogen) atoms. The fourth-order valence-electron chi connectivity index (χ4n) is 1.28. The summed E-state index contributed by atoms with van der Waals surface area (Å²) in [4.78, 5) is 15.7. The van der Waals surface area contributed by atoms with Crippen molar-refractivity contribution >= 4 is 22.4 Å². The van der Waals surface area contributed by atoms with Crippen LogP contribution in [0.3, 0.4) is 0 Å². The second kappa shape index (κ2) is 4.87. The van der Waals surface area contributed by atoms with Crippen LogP contribution in [0.2, 0.25) is 0 Å². The summed E-state index contributed by atoms with van der Waals surface area (Å²) in [5.41, 5.74) is 6.13. The second-order valence-corrected chi connectivity index (χ2v) is 4.30. The largest absolute Gasteiger partial charge is 0.375 e. The van der Waals surface area contributed by atoms with E-state index in [1.54, 1.807) is 12.3 Å². The first-order chi connectivity index (χ1) is 8.15. The molecule has 1 atom stereocenters. The van der Waals surface area contributed by atoms with Crippen molar-refractivity contribution in [3.8, 4) is 0 Å². The summed E-state index contributed by atoms with van der Waals surface area (Å²) in [5.74, 6) is 0.281. The fourth-order valence-corrected chi connectivity index (χ4v) is 1.84. The van der Waals surface area contributed by atoms with E-state index in [4.69, 9.17) is 5.73 Å². The summed E-state index contributed by atoms with van der Waals surface area (Å²) in [6.45, 7) is 1.78. The van der Waals surface area contributed by atoms with Gasteiger partial charge < -0.3 is 11.1 Å². The number of H-pyrrole nitrogens is 1. The van der Waals surface area contributed by atoms with E-state index in [1.165, 1.54) is 11.3 Å². The average molecular weight is 253 g/mol. The van der Waals surface area contributed by atoms with Crippen LogP contribution in [0.25, 0.3) is 0 Å². The maximum absolute atomic E-state index is 11.7. The van der Waals surface area contributed by atoms with Gasteiger partial charge in [0.25, 0.3) is 0 Å². The summed E-state index contributed by atoms with van der Waals surface area (Å²) in [5, 5.41) is 18.3. The van der Waals surface area contributed by atoms with Crippen LogP contribution in [0, 0.1) is 0 Å². The molecular formula is C8H11N7OS. The van der Waals surface area contributed by atoms with E-state index in [9.17, 15) is 4.79 Å². The molecule has 0 aliphatic heterocycles. The van der Waals surface area contributed by atoms with Crippen molar-refractivity contribution < 1.29 is 4.79 Å². The van der Waals surface area contributed by atoms with E-state index < -0.39 is 0 Å². The van der Waals surface area contributed by atoms with Crippen molar-refractivity contribution in [3.05, 3.63) is 16.9 Å². The van der Waals surface area contributed by atoms with Crippen LogP contribution in [-0.4, -0.2) is 31.5 Å². The number of carbonyl (C=O) groups excluding carboxylic acids is 1. The number of rotatable bonds is 4. The van der Waals surface area contributed by atoms with E-state index >= 15 is 0 Å². The number of thiazole rings is 1. The number of tetrazole rings is 1. The highest BCUT2D eigenvalue weighted by atomic mass is 32.1. The third kappa shape index (κ3) is 2.97. The van der Waals surface area contributed by atoms with Crippen LogP contribution in [-0.2, 0) is 11.2 Å². The Morgan fingerprint density at radius 3 is 3.12 bits per heavy atom. The van der Waals surface area contributed by atoms with Crippen LogP contribution in [0.4, 0.5) is 5.13 Å². The van der Waals surface area contributed by atoms with Gasteiger partial charge in [0.2, 0.25) is 5.91 Å². The topological polar surface area (TPSA) is 122 Å². The van der Waals surface area contributed by atoms with Crippen LogP contribution >= 0.6 is 11.3 Å². The molecule has 0 bridgehead atoms. The SMILES string of the molecule is CC(NC(=O)Cc1csc(N)n1)c1nn[nH]n1. The van der Waals surface area contributed by atoms with Crippen molar-refractivity contribution in [2.24, 2.45) is 0 Å². The third-order valence-corrected chi connectivity index (χ3v) is 2.76. The van der Waals surface area contributed by atoms with Gasteiger partial charge in [-0.3, -0.25) is 4.79 Å². The molecule has 8 nitrogen and oxygen atoms in total. The van der Waals surface area contributed by atoms with E-state index in [0.29, 0.717) is 16.6 Å². The first-order valence-electron chi connectivity index (χ1n) is 4.87. The number of nitrogens with two attached hydrogens (primary N) is 1. The standard InChI is InChI=1S/C8H11N7OS/c1-4(7-12-14-15-13-7)10-6(16)2-5-3-17-8(9)11-5/h3-4H,2H2,1H3,(H2,9,11)(H,10,16)(H,12,13,14,15). The number of amides is 1. The van der Waals surface area contributed by atoms with Crippen LogP contribution in [0.5, 0.6) is 0 Å². The molecule has 0 aliphatic rings. The van der Waals surface area contributed by atoms with E-state index in [-0.39, 0.29) is 18.4 Å². The Kier molecular flexibility index (Phi) is 3.28. The van der Waals surface area contributed by atoms with Gasteiger partial charge in [0, 0.05) is 5.38 Å². The number of nitrogens with one attached hydrogen (secondary N) is 2. The number of nitrogens with zero attached hydrogens (tertiary/aromatic N) is 4. The minimum Gasteiger partial charge on any atom is -0.375 e. The van der Waals surface area contributed by atoms with Crippen molar-refractivity contribution in [2.45, 2.75) is 19.4 Å². The zero-order valence-corrected chi connectivity index (χ0v) is 9.86. The first kappa shape index (κ1) is 11.5. The highest BCUT2D eigenvalue weighted by molar-refractivity contribution is 7.13. The Hall–Kier alpha value is -2.03. The molecule has 4 N–H and O–H groups in total. The predicted octanol–water partition coefficient (Wildman–Crippen LogP) is -0.342. The molecule has 0 aromatic carbocycles. The summed E-state index contributed by atoms with van der Waals surface area (Å²) in [6.07, 6.45) is 0.190. The van der Waals surface area contributed by atoms with Gasteiger partial charge in [0.15, 0.2) is 11.0 Å². The van der Waals surface area contributed by atoms with Crippen LogP contribution < -0.4 is 11.1 Å². The predicted molar refractivity (Wildman–Crippen MR) is 61.0 cm³/mol. The molecule has 2 aromatic rings. The first-order valence-corrected chi connectivity index (χ1v) is 5.75. The quantitative estimate of drug-likeness (QED) is 0.685. The number of aromatic nitrogens is 5. The summed E-state index contributed by atoms with van der Waals surface area (Å²) >= 11 is 1.31. The molecule has 2 aromatic heterocycles. The highest BCUT2D eigenvalue weighted by Gasteiger charge is 2.14. The zero-order valence-electron chi connectivity index (χ0n) is 9.04. The number of nitrogen functional groups attached to an aromatic ring is 1. The lowest BCUT2D eigenvalue weighted by Gasteiger charge is -2.08. The van der Waals surface area contributed by atoms with Gasteiger partial charge >= 0.3 is 0 Å². The van der Waals surface area contributed by atoms with Gasteiger partial charge in [-0.2, -0.15) is 5.21 Å². The van der Waals surface area contributed by atoms with Crippen molar-refractivity contribution in [1.29, 1.82) is 0 Å². The number of anilines is 1. The van der Waals surface area contributed by atoms with Gasteiger partial charge in [-0.15, -0.1) is 21.5 Å². The molecule has 0 saturated carbocycles. The Labute approximate surface area is 101 Å². The van der Waals surface area contributed by atoms with Gasteiger partial charge in [0.1, 0.15) is 0 Å². The highest BCUT2D eigenvalue weighted by Crippen LogP contribution is 2.12. The Morgan fingerprint density at radius 1 is 1.71 bits per heavy atom. The smallest absolute Gasteiger partial charge is 0.226 e. The molecule has 9 heteroatoms. The Morgan fingerprint density at radius 2 is 2.53 bits per heavy atom. The Balaban J connectivity index is 1.89. The normalized spacial score (nSPS) is 12.3. The lowest BCUT2D eigenvalue weighted by atomic mass is 10.2. The van der Waals surface area contributed by atoms with Gasteiger partial charge in [-0.25, -0.2) is 4.98 Å². The molecule has 0 fully saturated rings. The van der Waals surface area contributed by atoms with Crippen molar-refractivity contribution in [2.75, 3.05) is 5.73 Å². The molecule has 0 saturated heterocycles. The lowest BCUT2D eigenvalue weighted by Crippen LogP contribution is -2.28. The van der Waals surface area contributed by atoms with Crippen molar-refractivity contribution in [3.63, 3.8) is 0 Å². The molecule has 2 heterocycles. The summed E-state index contributed by atoms with van der Waals surface area (Å²) < 4.78 is 0. The molecule has 0 radical (unpaired) electrons. The minimum atomic E-state index is -0.294. The van der Waals surface area contributed by atoms with E-state index in [1.807, 2.05) is 0 Å². The van der Waals surface area contributed by atoms with Crippen molar-refractivity contribution in [1.82, 2.24) is 30.9 Å². The maximum atomic E-state index is 11.7. The zero-order chi connectivity index (χ0) is 12.3. The van der Waals surface area contributed by atoms with Crippen LogP contribution in [0.1, 0.15) is 24.5 Å². The number of aromatic amines is 1. The maximum Gasteiger partial charge on any atom is 0.226 e. The van der Waals surface area contributed by atoms with Gasteiger partial charge in [-0.05, 0) is 6.92 Å². The molecule has 90 valence electrons. The number of hydrogen-bond acceptors (Lipinski definition) is 7. The minimum absolute atomic E-state index is 0.160. The number of hydrogen-bond donors (Lipinski definition) is 3. The third-order valence-electron chi connectivity index (χ3n) is 2.04. The molecule has 2 rings (SSSR count). The molecule has 1 amide bonds. The summed E-state index contributed by atoms with van der Waals surface area (Å²) in [7, 11) is 0. The van der Waals surface area contributed by atoms with Gasteiger partial charge in [0.05, 0.1) is 18.2 Å². The monoisotopic (exact) mass is 253 g/mol. The van der Waals surface area contributed by atoms with Gasteiger partial charge in [-0.1, -0.05) is 5.21 Å². The molecule has 0 aliphatic carbocycles. The molecule has 1 unspecified atom stereocenters. The molecular weight excluding hydrogens is 242 g/mol. The fraction of sp³-hybridized carbons (Fsp3) is 0.375. The average Bonchev–Trinajstić information content (AvgIpc) is 2.89. The lowest BCUT2D eigenvalue weighted by molar-refractivity contribution is -0.121. The number of carbonyl (C=O) groups is 1. The Bertz CT molecular complexity index is 494. The van der Waals surface area contributed by atoms with E-state index in [2.05, 4.69) is 30.9 Å². The second-order valence-electron chi connectivity index (χ2n) is 3.41. The van der Waals surface area contributed by atoms with Crippen LogP contribution in [0.15, 0.2) is 5.38 Å².